The number of benzene rings is 2. The number of methoxy groups -OCH3 is 1. The summed E-state index contributed by atoms with van der Waals surface area (Å²) in [5.41, 5.74) is 3.86. The molecule has 0 N–H and O–H groups in total. The zero-order valence-electron chi connectivity index (χ0n) is 21.2. The number of ether oxygens (including phenoxy) is 3. The number of nitrogens with zero attached hydrogens (tertiary/aromatic N) is 1. The van der Waals surface area contributed by atoms with Crippen molar-refractivity contribution in [2.24, 2.45) is 5.92 Å². The largest absolute Gasteiger partial charge is 0.493 e. The molecule has 0 saturated heterocycles. The predicted molar refractivity (Wildman–Crippen MR) is 134 cm³/mol. The first-order valence-electron chi connectivity index (χ1n) is 11.8. The van der Waals surface area contributed by atoms with E-state index in [0.29, 0.717) is 30.1 Å². The van der Waals surface area contributed by atoms with Gasteiger partial charge < -0.3 is 19.0 Å². The van der Waals surface area contributed by atoms with Crippen LogP contribution >= 0.6 is 0 Å². The second-order valence-corrected chi connectivity index (χ2v) is 8.68. The third-order valence-electron chi connectivity index (χ3n) is 5.19. The highest BCUT2D eigenvalue weighted by molar-refractivity contribution is 5.87. The molecule has 0 aliphatic heterocycles. The van der Waals surface area contributed by atoms with Gasteiger partial charge in [0.05, 0.1) is 26.7 Å². The second-order valence-electron chi connectivity index (χ2n) is 8.68. The maximum absolute atomic E-state index is 12.6. The Balaban J connectivity index is 1.89. The number of carbonyl (C=O) groups excluding carboxylic acids is 2. The number of aryl methyl sites for hydroxylation is 1. The monoisotopic (exact) mass is 499 g/mol. The van der Waals surface area contributed by atoms with E-state index in [0.717, 1.165) is 17.5 Å². The van der Waals surface area contributed by atoms with Crippen molar-refractivity contribution >= 4 is 18.0 Å². The second kappa shape index (κ2) is 14.5. The van der Waals surface area contributed by atoms with Crippen molar-refractivity contribution in [3.8, 4) is 11.5 Å². The molecule has 2 rings (SSSR count). The Hall–Kier alpha value is -3.88. The number of esters is 2. The van der Waals surface area contributed by atoms with Crippen LogP contribution in [0.3, 0.4) is 0 Å². The van der Waals surface area contributed by atoms with Crippen LogP contribution in [0, 0.1) is 23.0 Å². The Morgan fingerprint density at radius 3 is 2.47 bits per heavy atom. The number of hydrogen-bond donors (Lipinski definition) is 0. The number of rotatable bonds is 14. The SMILES string of the molecule is COc1cc(/C=C/C(=O)OCCCCO[N+](=O)[O-])ccc1OC(=O)Cc1ccc(CC(C)C)cc1C. The minimum Gasteiger partial charge on any atom is -0.493 e. The molecule has 0 aliphatic rings. The van der Waals surface area contributed by atoms with Crippen LogP contribution in [0.4, 0.5) is 0 Å². The highest BCUT2D eigenvalue weighted by Gasteiger charge is 2.13. The van der Waals surface area contributed by atoms with E-state index < -0.39 is 17.0 Å². The minimum atomic E-state index is -0.859. The van der Waals surface area contributed by atoms with Gasteiger partial charge in [-0.05, 0) is 72.6 Å². The van der Waals surface area contributed by atoms with Crippen LogP contribution < -0.4 is 9.47 Å². The first kappa shape index (κ1) is 28.4. The Bertz CT molecular complexity index is 1080. The van der Waals surface area contributed by atoms with E-state index in [9.17, 15) is 19.7 Å². The van der Waals surface area contributed by atoms with Gasteiger partial charge in [-0.3, -0.25) is 4.79 Å². The van der Waals surface area contributed by atoms with Gasteiger partial charge in [-0.25, -0.2) is 4.79 Å². The lowest BCUT2D eigenvalue weighted by Crippen LogP contribution is -2.13. The maximum atomic E-state index is 12.6. The van der Waals surface area contributed by atoms with Gasteiger partial charge in [-0.15, -0.1) is 10.1 Å². The summed E-state index contributed by atoms with van der Waals surface area (Å²) in [7, 11) is 1.47. The van der Waals surface area contributed by atoms with Gasteiger partial charge in [-0.2, -0.15) is 0 Å². The molecule has 0 bridgehead atoms. The average molecular weight is 500 g/mol. The molecule has 0 aromatic heterocycles. The van der Waals surface area contributed by atoms with E-state index in [-0.39, 0.29) is 25.4 Å². The molecule has 2 aromatic carbocycles. The molecule has 0 radical (unpaired) electrons. The maximum Gasteiger partial charge on any atom is 0.330 e. The van der Waals surface area contributed by atoms with E-state index >= 15 is 0 Å². The molecule has 0 fully saturated rings. The highest BCUT2D eigenvalue weighted by atomic mass is 16.9. The van der Waals surface area contributed by atoms with Crippen molar-refractivity contribution in [2.45, 2.75) is 46.5 Å². The van der Waals surface area contributed by atoms with Crippen LogP contribution in [0.1, 0.15) is 48.9 Å². The zero-order valence-corrected chi connectivity index (χ0v) is 21.2. The van der Waals surface area contributed by atoms with E-state index in [1.165, 1.54) is 18.7 Å². The molecule has 9 nitrogen and oxygen atoms in total. The minimum absolute atomic E-state index is 0.0404. The molecule has 0 unspecified atom stereocenters. The topological polar surface area (TPSA) is 114 Å². The van der Waals surface area contributed by atoms with Crippen molar-refractivity contribution in [1.82, 2.24) is 0 Å². The van der Waals surface area contributed by atoms with E-state index in [2.05, 4.69) is 24.8 Å². The molecular weight excluding hydrogens is 466 g/mol. The number of carbonyl (C=O) groups is 2. The van der Waals surface area contributed by atoms with Crippen molar-refractivity contribution in [3.05, 3.63) is 74.8 Å². The van der Waals surface area contributed by atoms with Gasteiger partial charge in [0.2, 0.25) is 0 Å². The molecule has 0 atom stereocenters. The standard InChI is InChI=1S/C27H33NO8/c1-19(2)15-22-7-10-23(20(3)16-22)18-27(30)36-24-11-8-21(17-25(24)33-4)9-12-26(29)34-13-5-6-14-35-28(31)32/h7-12,16-17,19H,5-6,13-15,18H2,1-4H3/b12-9+. The van der Waals surface area contributed by atoms with Crippen molar-refractivity contribution in [2.75, 3.05) is 20.3 Å². The van der Waals surface area contributed by atoms with Crippen molar-refractivity contribution < 1.29 is 33.7 Å². The molecule has 36 heavy (non-hydrogen) atoms. The Labute approximate surface area is 211 Å². The van der Waals surface area contributed by atoms with Crippen molar-refractivity contribution in [3.63, 3.8) is 0 Å². The average Bonchev–Trinajstić information content (AvgIpc) is 2.81. The summed E-state index contributed by atoms with van der Waals surface area (Å²) in [5.74, 6) is 0.255. The molecule has 0 aliphatic carbocycles. The fourth-order valence-electron chi connectivity index (χ4n) is 3.47. The fourth-order valence-corrected chi connectivity index (χ4v) is 3.47. The van der Waals surface area contributed by atoms with Crippen LogP contribution in [-0.2, 0) is 32.0 Å². The Kier molecular flexibility index (Phi) is 11.4. The third kappa shape index (κ3) is 10.2. The predicted octanol–water partition coefficient (Wildman–Crippen LogP) is 4.90. The van der Waals surface area contributed by atoms with Crippen LogP contribution in [0.15, 0.2) is 42.5 Å². The Morgan fingerprint density at radius 1 is 1.06 bits per heavy atom. The smallest absolute Gasteiger partial charge is 0.330 e. The summed E-state index contributed by atoms with van der Waals surface area (Å²) in [6, 6.07) is 11.1. The van der Waals surface area contributed by atoms with E-state index in [4.69, 9.17) is 14.2 Å². The van der Waals surface area contributed by atoms with E-state index in [1.54, 1.807) is 24.3 Å². The highest BCUT2D eigenvalue weighted by Crippen LogP contribution is 2.29. The lowest BCUT2D eigenvalue weighted by atomic mass is 9.97. The van der Waals surface area contributed by atoms with E-state index in [1.807, 2.05) is 19.1 Å². The Morgan fingerprint density at radius 2 is 1.81 bits per heavy atom. The first-order chi connectivity index (χ1) is 17.2. The summed E-state index contributed by atoms with van der Waals surface area (Å²) < 4.78 is 15.9. The quantitative estimate of drug-likeness (QED) is 0.0901. The summed E-state index contributed by atoms with van der Waals surface area (Å²) in [6.45, 7) is 6.42. The lowest BCUT2D eigenvalue weighted by molar-refractivity contribution is -0.757. The summed E-state index contributed by atoms with van der Waals surface area (Å²) in [5, 5.41) is 9.20. The molecule has 0 saturated carbocycles. The lowest BCUT2D eigenvalue weighted by Gasteiger charge is -2.12. The molecular formula is C27H33NO8. The molecule has 0 spiro atoms. The number of hydrogen-bond acceptors (Lipinski definition) is 8. The fraction of sp³-hybridized carbons (Fsp3) is 0.407. The molecule has 194 valence electrons. The number of unbranched alkanes of at least 4 members (excludes halogenated alkanes) is 1. The van der Waals surface area contributed by atoms with Crippen LogP contribution in [0.5, 0.6) is 11.5 Å². The summed E-state index contributed by atoms with van der Waals surface area (Å²) in [4.78, 5) is 38.7. The van der Waals surface area contributed by atoms with Gasteiger partial charge >= 0.3 is 11.9 Å². The van der Waals surface area contributed by atoms with Crippen molar-refractivity contribution in [1.29, 1.82) is 0 Å². The molecule has 0 amide bonds. The molecule has 0 heterocycles. The van der Waals surface area contributed by atoms with Gasteiger partial charge in [0, 0.05) is 6.08 Å². The molecule has 9 heteroatoms. The zero-order chi connectivity index (χ0) is 26.5. The third-order valence-corrected chi connectivity index (χ3v) is 5.19. The summed E-state index contributed by atoms with van der Waals surface area (Å²) in [6.07, 6.45) is 4.79. The normalized spacial score (nSPS) is 10.9. The van der Waals surface area contributed by atoms with Crippen LogP contribution in [-0.4, -0.2) is 37.3 Å². The van der Waals surface area contributed by atoms with Crippen LogP contribution in [0.25, 0.3) is 6.08 Å². The first-order valence-corrected chi connectivity index (χ1v) is 11.8. The van der Waals surface area contributed by atoms with Gasteiger partial charge in [-0.1, -0.05) is 38.1 Å². The van der Waals surface area contributed by atoms with Gasteiger partial charge in [0.15, 0.2) is 11.5 Å². The van der Waals surface area contributed by atoms with Gasteiger partial charge in [0.1, 0.15) is 0 Å². The van der Waals surface area contributed by atoms with Gasteiger partial charge in [0.25, 0.3) is 5.09 Å². The van der Waals surface area contributed by atoms with Crippen LogP contribution in [0.2, 0.25) is 0 Å². The molecule has 2 aromatic rings. The summed E-state index contributed by atoms with van der Waals surface area (Å²) >= 11 is 0.